The van der Waals surface area contributed by atoms with Gasteiger partial charge in [0.05, 0.1) is 17.9 Å². The highest BCUT2D eigenvalue weighted by Gasteiger charge is 2.25. The summed E-state index contributed by atoms with van der Waals surface area (Å²) in [6, 6.07) is 8.29. The smallest absolute Gasteiger partial charge is 0.300 e. The molecule has 11 nitrogen and oxygen atoms in total. The van der Waals surface area contributed by atoms with Gasteiger partial charge < -0.3 is 30.9 Å². The maximum absolute atomic E-state index is 12.6. The quantitative estimate of drug-likeness (QED) is 0.352. The van der Waals surface area contributed by atoms with E-state index in [0.29, 0.717) is 25.1 Å². The van der Waals surface area contributed by atoms with Gasteiger partial charge in [-0.05, 0) is 30.8 Å². The molecule has 5 rings (SSSR count). The molecule has 12 heteroatoms. The summed E-state index contributed by atoms with van der Waals surface area (Å²) in [4.78, 5) is 44.1. The molecule has 1 aromatic carbocycles. The first-order chi connectivity index (χ1) is 17.9. The molecule has 0 radical (unpaired) electrons. The zero-order valence-corrected chi connectivity index (χ0v) is 20.5. The van der Waals surface area contributed by atoms with Gasteiger partial charge >= 0.3 is 5.56 Å². The number of hydrogen-bond donors (Lipinski definition) is 4. The molecule has 4 heterocycles. The number of piperazine rings is 2. The second-order valence-electron chi connectivity index (χ2n) is 8.66. The molecule has 0 saturated carbocycles. The van der Waals surface area contributed by atoms with Crippen molar-refractivity contribution < 1.29 is 19.1 Å². The standard InChI is InChI=1S/C17H20N6O4.C8H10FN/c24-10-12-15(26)17(27)23-9-11(21-4-1-18-2-5-21)7-13(16(23)20-12)22-6-3-19-8-14(22)25;1-10-6-7-2-4-8(9)5-3-7/h7,9-10,18-19,26H,1-6,8H2;2-5,10H,6H2,1H3. The lowest BCUT2D eigenvalue weighted by Gasteiger charge is -2.32. The van der Waals surface area contributed by atoms with E-state index in [-0.39, 0.29) is 29.6 Å². The number of anilines is 2. The number of aromatic hydroxyl groups is 1. The predicted octanol–water partition coefficient (Wildman–Crippen LogP) is 0.104. The Labute approximate surface area is 212 Å². The Hall–Kier alpha value is -3.87. The Kier molecular flexibility index (Phi) is 8.43. The lowest BCUT2D eigenvalue weighted by Crippen LogP contribution is -2.48. The molecule has 2 aromatic heterocycles. The van der Waals surface area contributed by atoms with Crippen LogP contribution < -0.4 is 31.3 Å². The number of benzene rings is 1. The second kappa shape index (κ2) is 11.9. The van der Waals surface area contributed by atoms with E-state index in [4.69, 9.17) is 0 Å². The van der Waals surface area contributed by atoms with Crippen LogP contribution in [0.5, 0.6) is 5.75 Å². The molecule has 0 bridgehead atoms. The van der Waals surface area contributed by atoms with E-state index in [9.17, 15) is 23.9 Å². The van der Waals surface area contributed by atoms with Crippen LogP contribution in [0.1, 0.15) is 16.1 Å². The summed E-state index contributed by atoms with van der Waals surface area (Å²) in [5.41, 5.74) is 1.42. The Morgan fingerprint density at radius 1 is 1.11 bits per heavy atom. The predicted molar refractivity (Wildman–Crippen MR) is 138 cm³/mol. The average molecular weight is 512 g/mol. The number of nitrogens with one attached hydrogen (secondary N) is 3. The van der Waals surface area contributed by atoms with Gasteiger partial charge in [0, 0.05) is 52.0 Å². The number of carbonyl (C=O) groups is 2. The van der Waals surface area contributed by atoms with Crippen molar-refractivity contribution in [2.24, 2.45) is 0 Å². The molecule has 1 amide bonds. The van der Waals surface area contributed by atoms with Crippen molar-refractivity contribution in [2.45, 2.75) is 6.54 Å². The van der Waals surface area contributed by atoms with E-state index in [0.717, 1.165) is 44.0 Å². The largest absolute Gasteiger partial charge is 0.501 e. The van der Waals surface area contributed by atoms with Gasteiger partial charge in [-0.15, -0.1) is 0 Å². The first kappa shape index (κ1) is 26.2. The summed E-state index contributed by atoms with van der Waals surface area (Å²) in [7, 11) is 1.86. The summed E-state index contributed by atoms with van der Waals surface area (Å²) >= 11 is 0. The van der Waals surface area contributed by atoms with E-state index >= 15 is 0 Å². The summed E-state index contributed by atoms with van der Waals surface area (Å²) < 4.78 is 13.5. The summed E-state index contributed by atoms with van der Waals surface area (Å²) in [5.74, 6) is -1.02. The average Bonchev–Trinajstić information content (AvgIpc) is 2.93. The maximum atomic E-state index is 12.6. The van der Waals surface area contributed by atoms with Crippen LogP contribution in [0.2, 0.25) is 0 Å². The third kappa shape index (κ3) is 5.93. The van der Waals surface area contributed by atoms with E-state index in [1.54, 1.807) is 23.2 Å². The number of aldehydes is 1. The molecule has 2 fully saturated rings. The van der Waals surface area contributed by atoms with Crippen LogP contribution in [0.15, 0.2) is 41.3 Å². The SMILES string of the molecule is CNCc1ccc(F)cc1.O=Cc1nc2c(N3CCNCC3=O)cc(N3CCNCC3)cn2c(=O)c1O. The van der Waals surface area contributed by atoms with Crippen molar-refractivity contribution in [1.82, 2.24) is 25.3 Å². The van der Waals surface area contributed by atoms with Crippen molar-refractivity contribution in [3.63, 3.8) is 0 Å². The van der Waals surface area contributed by atoms with Crippen molar-refractivity contribution in [2.75, 3.05) is 62.7 Å². The minimum absolute atomic E-state index is 0.143. The molecule has 0 aliphatic carbocycles. The summed E-state index contributed by atoms with van der Waals surface area (Å²) in [6.07, 6.45) is 1.94. The van der Waals surface area contributed by atoms with Gasteiger partial charge in [0.1, 0.15) is 5.82 Å². The molecule has 0 spiro atoms. The van der Waals surface area contributed by atoms with Gasteiger partial charge in [-0.3, -0.25) is 18.8 Å². The zero-order chi connectivity index (χ0) is 26.4. The number of amides is 1. The highest BCUT2D eigenvalue weighted by atomic mass is 19.1. The number of rotatable bonds is 5. The number of hydrogen-bond acceptors (Lipinski definition) is 9. The minimum atomic E-state index is -0.733. The highest BCUT2D eigenvalue weighted by Crippen LogP contribution is 2.28. The zero-order valence-electron chi connectivity index (χ0n) is 20.5. The molecule has 4 N–H and O–H groups in total. The van der Waals surface area contributed by atoms with Crippen molar-refractivity contribution in [3.8, 4) is 5.75 Å². The number of aromatic nitrogens is 2. The van der Waals surface area contributed by atoms with Gasteiger partial charge in [0.2, 0.25) is 11.7 Å². The monoisotopic (exact) mass is 511 g/mol. The topological polar surface area (TPSA) is 131 Å². The first-order valence-electron chi connectivity index (χ1n) is 12.0. The number of pyridine rings is 1. The van der Waals surface area contributed by atoms with Gasteiger partial charge in [-0.1, -0.05) is 12.1 Å². The second-order valence-corrected chi connectivity index (χ2v) is 8.66. The lowest BCUT2D eigenvalue weighted by atomic mass is 10.2. The molecule has 0 unspecified atom stereocenters. The third-order valence-electron chi connectivity index (χ3n) is 6.16. The van der Waals surface area contributed by atoms with Crippen LogP contribution in [0.3, 0.4) is 0 Å². The molecule has 0 atom stereocenters. The van der Waals surface area contributed by atoms with Crippen LogP contribution in [0.25, 0.3) is 5.65 Å². The molecule has 37 heavy (non-hydrogen) atoms. The van der Waals surface area contributed by atoms with Gasteiger partial charge in [0.25, 0.3) is 0 Å². The van der Waals surface area contributed by atoms with Gasteiger partial charge in [-0.2, -0.15) is 0 Å². The molecular weight excluding hydrogens is 481 g/mol. The first-order valence-corrected chi connectivity index (χ1v) is 12.0. The van der Waals surface area contributed by atoms with Crippen LogP contribution in [0.4, 0.5) is 15.8 Å². The fourth-order valence-corrected chi connectivity index (χ4v) is 4.26. The van der Waals surface area contributed by atoms with Crippen LogP contribution in [-0.4, -0.2) is 79.5 Å². The van der Waals surface area contributed by atoms with Crippen molar-refractivity contribution in [3.05, 3.63) is 64.0 Å². The number of halogens is 1. The van der Waals surface area contributed by atoms with Crippen molar-refractivity contribution in [1.29, 1.82) is 0 Å². The van der Waals surface area contributed by atoms with E-state index < -0.39 is 11.3 Å². The molecule has 2 aliphatic rings. The van der Waals surface area contributed by atoms with Crippen LogP contribution in [-0.2, 0) is 11.3 Å². The maximum Gasteiger partial charge on any atom is 0.300 e. The van der Waals surface area contributed by atoms with Gasteiger partial charge in [-0.25, -0.2) is 9.37 Å². The lowest BCUT2D eigenvalue weighted by molar-refractivity contribution is -0.118. The Morgan fingerprint density at radius 2 is 1.81 bits per heavy atom. The molecule has 2 saturated heterocycles. The molecular formula is C25H30FN7O4. The Bertz CT molecular complexity index is 1320. The molecule has 3 aromatic rings. The Balaban J connectivity index is 0.000000270. The van der Waals surface area contributed by atoms with Gasteiger partial charge in [0.15, 0.2) is 17.6 Å². The fourth-order valence-electron chi connectivity index (χ4n) is 4.26. The number of nitrogens with zero attached hydrogens (tertiary/aromatic N) is 4. The number of carbonyl (C=O) groups excluding carboxylic acids is 2. The summed E-state index contributed by atoms with van der Waals surface area (Å²) in [5, 5.41) is 19.3. The molecule has 196 valence electrons. The van der Waals surface area contributed by atoms with Crippen LogP contribution in [0, 0.1) is 5.82 Å². The summed E-state index contributed by atoms with van der Waals surface area (Å²) in [6.45, 7) is 5.13. The van der Waals surface area contributed by atoms with Crippen molar-refractivity contribution >= 4 is 29.2 Å². The highest BCUT2D eigenvalue weighted by molar-refractivity contribution is 5.99. The van der Waals surface area contributed by atoms with E-state index in [2.05, 4.69) is 25.8 Å². The molecule has 2 aliphatic heterocycles. The number of fused-ring (bicyclic) bond motifs is 1. The van der Waals surface area contributed by atoms with Crippen LogP contribution >= 0.6 is 0 Å². The fraction of sp³-hybridized carbons (Fsp3) is 0.360. The Morgan fingerprint density at radius 3 is 2.46 bits per heavy atom. The third-order valence-corrected chi connectivity index (χ3v) is 6.16. The van der Waals surface area contributed by atoms with E-state index in [1.807, 2.05) is 13.1 Å². The minimum Gasteiger partial charge on any atom is -0.501 e. The van der Waals surface area contributed by atoms with E-state index in [1.165, 1.54) is 16.5 Å². The normalized spacial score (nSPS) is 15.9.